The van der Waals surface area contributed by atoms with Gasteiger partial charge in [0.05, 0.1) is 0 Å². The van der Waals surface area contributed by atoms with Crippen LogP contribution >= 0.6 is 10.7 Å². The molecule has 0 aliphatic carbocycles. The molecule has 0 bridgehead atoms. The van der Waals surface area contributed by atoms with Gasteiger partial charge < -0.3 is 5.73 Å². The molecule has 0 aliphatic heterocycles. The van der Waals surface area contributed by atoms with E-state index in [0.29, 0.717) is 0 Å². The number of aryl methyl sites for hydroxylation is 1. The van der Waals surface area contributed by atoms with Crippen LogP contribution in [-0.2, 0) is 9.05 Å². The molecular formula is C7H7ClF2N2O2S. The number of nitrogen functional groups attached to an aromatic ring is 1. The number of hydrogen-bond acceptors (Lipinski definition) is 4. The van der Waals surface area contributed by atoms with Gasteiger partial charge in [-0.15, -0.1) is 0 Å². The van der Waals surface area contributed by atoms with Gasteiger partial charge in [0.15, 0.2) is 0 Å². The van der Waals surface area contributed by atoms with Crippen LogP contribution in [0.15, 0.2) is 11.0 Å². The fourth-order valence-corrected chi connectivity index (χ4v) is 2.04. The summed E-state index contributed by atoms with van der Waals surface area (Å²) in [4.78, 5) is 2.60. The molecule has 1 heterocycles. The van der Waals surface area contributed by atoms with Gasteiger partial charge in [0.1, 0.15) is 16.4 Å². The van der Waals surface area contributed by atoms with E-state index < -0.39 is 26.1 Å². The lowest BCUT2D eigenvalue weighted by Crippen LogP contribution is -2.06. The summed E-state index contributed by atoms with van der Waals surface area (Å²) in [7, 11) is 0.747. The van der Waals surface area contributed by atoms with Crippen molar-refractivity contribution in [1.29, 1.82) is 0 Å². The summed E-state index contributed by atoms with van der Waals surface area (Å²) in [6.07, 6.45) is -3.04. The van der Waals surface area contributed by atoms with Gasteiger partial charge in [-0.2, -0.15) is 0 Å². The highest BCUT2D eigenvalue weighted by Gasteiger charge is 2.24. The summed E-state index contributed by atoms with van der Waals surface area (Å²) in [6, 6.07) is 0.978. The van der Waals surface area contributed by atoms with E-state index in [1.54, 1.807) is 0 Å². The molecule has 84 valence electrons. The molecule has 0 fully saturated rings. The lowest BCUT2D eigenvalue weighted by molar-refractivity contribution is 0.142. The lowest BCUT2D eigenvalue weighted by atomic mass is 10.2. The molecule has 1 aromatic heterocycles. The third kappa shape index (κ3) is 2.54. The third-order valence-electron chi connectivity index (χ3n) is 1.71. The molecule has 8 heteroatoms. The van der Waals surface area contributed by atoms with Crippen molar-refractivity contribution in [1.82, 2.24) is 4.98 Å². The van der Waals surface area contributed by atoms with Crippen molar-refractivity contribution in [3.05, 3.63) is 17.3 Å². The Bertz CT molecular complexity index is 490. The van der Waals surface area contributed by atoms with Crippen molar-refractivity contribution in [3.63, 3.8) is 0 Å². The van der Waals surface area contributed by atoms with Gasteiger partial charge in [0.2, 0.25) is 0 Å². The minimum absolute atomic E-state index is 0.144. The number of halogens is 3. The van der Waals surface area contributed by atoms with E-state index in [2.05, 4.69) is 4.98 Å². The Morgan fingerprint density at radius 1 is 1.53 bits per heavy atom. The number of aromatic nitrogens is 1. The van der Waals surface area contributed by atoms with E-state index in [9.17, 15) is 17.2 Å². The van der Waals surface area contributed by atoms with Crippen LogP contribution in [0.25, 0.3) is 0 Å². The zero-order chi connectivity index (χ0) is 11.8. The SMILES string of the molecule is Cc1cc(S(=O)(=O)Cl)c(C(F)F)nc1N. The molecule has 0 unspecified atom stereocenters. The van der Waals surface area contributed by atoms with Crippen LogP contribution in [0.5, 0.6) is 0 Å². The Morgan fingerprint density at radius 3 is 2.47 bits per heavy atom. The summed E-state index contributed by atoms with van der Waals surface area (Å²) in [5, 5.41) is 0. The van der Waals surface area contributed by atoms with Crippen LogP contribution in [0.2, 0.25) is 0 Å². The van der Waals surface area contributed by atoms with Crippen molar-refractivity contribution in [2.45, 2.75) is 18.2 Å². The molecule has 0 amide bonds. The van der Waals surface area contributed by atoms with Crippen LogP contribution in [0, 0.1) is 6.92 Å². The lowest BCUT2D eigenvalue weighted by Gasteiger charge is -2.08. The Hall–Kier alpha value is -0.950. The summed E-state index contributed by atoms with van der Waals surface area (Å²) in [5.41, 5.74) is 4.64. The molecule has 0 aliphatic rings. The van der Waals surface area contributed by atoms with E-state index in [0.717, 1.165) is 6.07 Å². The van der Waals surface area contributed by atoms with E-state index >= 15 is 0 Å². The predicted octanol–water partition coefficient (Wildman–Crippen LogP) is 1.84. The second-order valence-electron chi connectivity index (χ2n) is 2.81. The van der Waals surface area contributed by atoms with Crippen LogP contribution < -0.4 is 5.73 Å². The molecule has 0 atom stereocenters. The first-order valence-corrected chi connectivity index (χ1v) is 6.04. The van der Waals surface area contributed by atoms with Crippen molar-refractivity contribution >= 4 is 25.6 Å². The van der Waals surface area contributed by atoms with Crippen molar-refractivity contribution in [2.75, 3.05) is 5.73 Å². The monoisotopic (exact) mass is 256 g/mol. The molecule has 0 saturated heterocycles. The highest BCUT2D eigenvalue weighted by atomic mass is 35.7. The highest BCUT2D eigenvalue weighted by Crippen LogP contribution is 2.29. The average molecular weight is 257 g/mol. The molecule has 0 aromatic carbocycles. The Labute approximate surface area is 89.5 Å². The molecule has 1 aromatic rings. The number of rotatable bonds is 2. The van der Waals surface area contributed by atoms with Crippen LogP contribution in [0.3, 0.4) is 0 Å². The van der Waals surface area contributed by atoms with Gasteiger partial charge in [-0.1, -0.05) is 0 Å². The second kappa shape index (κ2) is 3.90. The van der Waals surface area contributed by atoms with E-state index in [1.165, 1.54) is 6.92 Å². The summed E-state index contributed by atoms with van der Waals surface area (Å²) < 4.78 is 46.8. The zero-order valence-corrected chi connectivity index (χ0v) is 9.11. The number of nitrogens with two attached hydrogens (primary N) is 1. The van der Waals surface area contributed by atoms with Crippen LogP contribution in [0.4, 0.5) is 14.6 Å². The Balaban J connectivity index is 3.56. The van der Waals surface area contributed by atoms with Gasteiger partial charge in [0, 0.05) is 10.7 Å². The molecule has 1 rings (SSSR count). The molecule has 0 radical (unpaired) electrons. The van der Waals surface area contributed by atoms with E-state index in [1.807, 2.05) is 0 Å². The maximum absolute atomic E-state index is 12.4. The quantitative estimate of drug-likeness (QED) is 0.820. The normalized spacial score (nSPS) is 12.1. The minimum Gasteiger partial charge on any atom is -0.383 e. The van der Waals surface area contributed by atoms with Crippen LogP contribution in [-0.4, -0.2) is 13.4 Å². The molecule has 15 heavy (non-hydrogen) atoms. The van der Waals surface area contributed by atoms with Crippen molar-refractivity contribution in [2.24, 2.45) is 0 Å². The maximum Gasteiger partial charge on any atom is 0.281 e. The molecule has 2 N–H and O–H groups in total. The number of anilines is 1. The number of alkyl halides is 2. The molecule has 4 nitrogen and oxygen atoms in total. The molecular weight excluding hydrogens is 250 g/mol. The standard InChI is InChI=1S/C7H7ClF2N2O2S/c1-3-2-4(15(8,13)14)5(6(9)10)12-7(3)11/h2,6H,1H3,(H2,11,12). The van der Waals surface area contributed by atoms with Crippen LogP contribution in [0.1, 0.15) is 17.7 Å². The zero-order valence-electron chi connectivity index (χ0n) is 7.54. The summed E-state index contributed by atoms with van der Waals surface area (Å²) in [5.74, 6) is -0.144. The first-order valence-electron chi connectivity index (χ1n) is 3.73. The second-order valence-corrected chi connectivity index (χ2v) is 5.35. The molecule has 0 spiro atoms. The van der Waals surface area contributed by atoms with Gasteiger partial charge >= 0.3 is 0 Å². The van der Waals surface area contributed by atoms with Crippen molar-refractivity contribution in [3.8, 4) is 0 Å². The van der Waals surface area contributed by atoms with Gasteiger partial charge in [-0.3, -0.25) is 0 Å². The third-order valence-corrected chi connectivity index (χ3v) is 3.07. The highest BCUT2D eigenvalue weighted by molar-refractivity contribution is 8.13. The topological polar surface area (TPSA) is 73.0 Å². The average Bonchev–Trinajstić information content (AvgIpc) is 2.06. The number of pyridine rings is 1. The largest absolute Gasteiger partial charge is 0.383 e. The van der Waals surface area contributed by atoms with E-state index in [4.69, 9.17) is 16.4 Å². The molecule has 0 saturated carbocycles. The van der Waals surface area contributed by atoms with Gasteiger partial charge in [-0.25, -0.2) is 22.2 Å². The first-order chi connectivity index (χ1) is 6.73. The summed E-state index contributed by atoms with van der Waals surface area (Å²) >= 11 is 0. The minimum atomic E-state index is -4.24. The number of nitrogens with zero attached hydrogens (tertiary/aromatic N) is 1. The predicted molar refractivity (Wildman–Crippen MR) is 51.4 cm³/mol. The fraction of sp³-hybridized carbons (Fsp3) is 0.286. The fourth-order valence-electron chi connectivity index (χ4n) is 0.969. The Kier molecular flexibility index (Phi) is 3.15. The number of hydrogen-bond donors (Lipinski definition) is 1. The van der Waals surface area contributed by atoms with E-state index in [-0.39, 0.29) is 11.4 Å². The summed E-state index contributed by atoms with van der Waals surface area (Å²) in [6.45, 7) is 1.45. The van der Waals surface area contributed by atoms with Crippen molar-refractivity contribution < 1.29 is 17.2 Å². The maximum atomic E-state index is 12.4. The smallest absolute Gasteiger partial charge is 0.281 e. The Morgan fingerprint density at radius 2 is 2.07 bits per heavy atom. The van der Waals surface area contributed by atoms with Gasteiger partial charge in [0.25, 0.3) is 15.5 Å². The van der Waals surface area contributed by atoms with Gasteiger partial charge in [-0.05, 0) is 18.6 Å². The first kappa shape index (κ1) is 12.1.